The Labute approximate surface area is 248 Å². The summed E-state index contributed by atoms with van der Waals surface area (Å²) in [6.45, 7) is 3.87. The zero-order chi connectivity index (χ0) is 28.6. The predicted octanol–water partition coefficient (Wildman–Crippen LogP) is 5.27. The van der Waals surface area contributed by atoms with Gasteiger partial charge in [-0.25, -0.2) is 4.79 Å². The molecule has 42 heavy (non-hydrogen) atoms. The highest BCUT2D eigenvalue weighted by Crippen LogP contribution is 2.65. The van der Waals surface area contributed by atoms with E-state index in [0.29, 0.717) is 24.3 Å². The number of benzene rings is 2. The molecular weight excluding hydrogens is 526 g/mol. The van der Waals surface area contributed by atoms with Crippen LogP contribution in [-0.2, 0) is 23.1 Å². The summed E-state index contributed by atoms with van der Waals surface area (Å²) in [5.41, 5.74) is 5.21. The van der Waals surface area contributed by atoms with E-state index in [2.05, 4.69) is 41.3 Å². The summed E-state index contributed by atoms with van der Waals surface area (Å²) >= 11 is 0. The van der Waals surface area contributed by atoms with Gasteiger partial charge >= 0.3 is 5.97 Å². The van der Waals surface area contributed by atoms with E-state index in [1.54, 1.807) is 6.08 Å². The molecule has 2 bridgehead atoms. The van der Waals surface area contributed by atoms with Crippen LogP contribution in [0.25, 0.3) is 5.57 Å². The summed E-state index contributed by atoms with van der Waals surface area (Å²) < 4.78 is 12.5. The van der Waals surface area contributed by atoms with Gasteiger partial charge in [0, 0.05) is 24.2 Å². The lowest BCUT2D eigenvalue weighted by atomic mass is 9.48. The van der Waals surface area contributed by atoms with Crippen molar-refractivity contribution in [2.24, 2.45) is 5.92 Å². The Kier molecular flexibility index (Phi) is 6.22. The molecule has 8 rings (SSSR count). The summed E-state index contributed by atoms with van der Waals surface area (Å²) in [7, 11) is 0. The number of hydrogen-bond acceptors (Lipinski definition) is 6. The fourth-order valence-electron chi connectivity index (χ4n) is 9.35. The van der Waals surface area contributed by atoms with Gasteiger partial charge in [0.15, 0.2) is 11.5 Å². The molecule has 6 heteroatoms. The number of nitrogens with zero attached hydrogens (tertiary/aromatic N) is 1. The van der Waals surface area contributed by atoms with E-state index in [-0.39, 0.29) is 6.04 Å². The fourth-order valence-corrected chi connectivity index (χ4v) is 9.35. The van der Waals surface area contributed by atoms with Gasteiger partial charge in [-0.3, -0.25) is 4.90 Å². The molecule has 1 saturated heterocycles. The van der Waals surface area contributed by atoms with Gasteiger partial charge in [-0.15, -0.1) is 0 Å². The highest BCUT2D eigenvalue weighted by atomic mass is 16.6. The van der Waals surface area contributed by atoms with Crippen molar-refractivity contribution in [3.63, 3.8) is 0 Å². The van der Waals surface area contributed by atoms with Gasteiger partial charge in [-0.05, 0) is 111 Å². The Morgan fingerprint density at radius 1 is 1.10 bits per heavy atom. The van der Waals surface area contributed by atoms with E-state index >= 15 is 0 Å². The molecule has 0 amide bonds. The number of esters is 1. The summed E-state index contributed by atoms with van der Waals surface area (Å²) in [6.07, 6.45) is 12.1. The molecule has 3 fully saturated rings. The summed E-state index contributed by atoms with van der Waals surface area (Å²) in [6, 6.07) is 12.4. The first-order valence-electron chi connectivity index (χ1n) is 16.0. The smallest absolute Gasteiger partial charge is 0.336 e. The standard InChI is InChI=1S/C36H41NO5/c1-22(18-25-10-5-9-24-8-2-3-11-27(24)25)19-31(39)41-29-13-12-26-20-30-36(40)15-14-28(38)34-35(36,32(26)33(29)42-34)16-17-37(30)21-23-6-4-7-23/h2-3,8,11-13,18-19,23,28,30,34,38,40H,4-7,9-10,14-17,20-21H2,1H3/b22-19+,25-18+. The Bertz CT molecular complexity index is 1510. The van der Waals surface area contributed by atoms with E-state index in [1.165, 1.54) is 36.0 Å². The average molecular weight is 568 g/mol. The molecule has 220 valence electrons. The van der Waals surface area contributed by atoms with Crippen LogP contribution in [0, 0.1) is 5.92 Å². The number of carbonyl (C=O) groups is 1. The molecule has 6 nitrogen and oxygen atoms in total. The van der Waals surface area contributed by atoms with Crippen LogP contribution < -0.4 is 9.47 Å². The fraction of sp³-hybridized carbons (Fsp3) is 0.528. The monoisotopic (exact) mass is 567 g/mol. The number of aryl methyl sites for hydroxylation is 1. The largest absolute Gasteiger partial charge is 0.482 e. The van der Waals surface area contributed by atoms with Gasteiger partial charge in [0.2, 0.25) is 0 Å². The Morgan fingerprint density at radius 3 is 2.79 bits per heavy atom. The van der Waals surface area contributed by atoms with Crippen LogP contribution in [0.2, 0.25) is 0 Å². The number of fused-ring (bicyclic) bond motifs is 1. The van der Waals surface area contributed by atoms with Crippen molar-refractivity contribution in [3.8, 4) is 11.5 Å². The van der Waals surface area contributed by atoms with Gasteiger partial charge in [0.05, 0.1) is 17.1 Å². The molecule has 1 spiro atoms. The third-order valence-electron chi connectivity index (χ3n) is 11.5. The number of hydrogen-bond donors (Lipinski definition) is 2. The van der Waals surface area contributed by atoms with E-state index in [9.17, 15) is 15.0 Å². The van der Waals surface area contributed by atoms with Crippen molar-refractivity contribution >= 4 is 11.5 Å². The number of piperidine rings is 1. The van der Waals surface area contributed by atoms with Crippen molar-refractivity contribution in [3.05, 3.63) is 76.4 Å². The maximum atomic E-state index is 13.2. The number of ether oxygens (including phenoxy) is 2. The number of rotatable bonds is 5. The SMILES string of the molecule is CC(=C\C(=O)Oc1ccc2c3c1OC1C(O)CCC4(O)C(C2)N(CC2CCC2)CCC314)/C=C1\CCCc2ccccc21. The van der Waals surface area contributed by atoms with Gasteiger partial charge < -0.3 is 19.7 Å². The van der Waals surface area contributed by atoms with Crippen LogP contribution in [-0.4, -0.2) is 58.0 Å². The van der Waals surface area contributed by atoms with Crippen molar-refractivity contribution in [1.29, 1.82) is 0 Å². The van der Waals surface area contributed by atoms with Gasteiger partial charge in [-0.2, -0.15) is 0 Å². The lowest BCUT2D eigenvalue weighted by molar-refractivity contribution is -0.209. The first-order chi connectivity index (χ1) is 20.4. The Hall–Kier alpha value is -2.93. The molecule has 2 aliphatic heterocycles. The molecule has 2 aromatic carbocycles. The minimum absolute atomic E-state index is 0.0147. The minimum Gasteiger partial charge on any atom is -0.482 e. The van der Waals surface area contributed by atoms with Crippen LogP contribution >= 0.6 is 0 Å². The van der Waals surface area contributed by atoms with Gasteiger partial charge in [0.1, 0.15) is 6.10 Å². The summed E-state index contributed by atoms with van der Waals surface area (Å²) in [5.74, 6) is 1.21. The number of allylic oxidation sites excluding steroid dienone is 3. The minimum atomic E-state index is -0.973. The number of likely N-dealkylation sites (tertiary alicyclic amines) is 1. The van der Waals surface area contributed by atoms with Crippen LogP contribution in [0.5, 0.6) is 11.5 Å². The number of aliphatic hydroxyl groups excluding tert-OH is 1. The van der Waals surface area contributed by atoms with E-state index in [0.717, 1.165) is 67.8 Å². The number of aliphatic hydroxyl groups is 2. The molecule has 0 radical (unpaired) electrons. The second-order valence-corrected chi connectivity index (χ2v) is 13.7. The topological polar surface area (TPSA) is 79.2 Å². The third-order valence-corrected chi connectivity index (χ3v) is 11.5. The molecule has 2 heterocycles. The zero-order valence-electron chi connectivity index (χ0n) is 24.5. The lowest BCUT2D eigenvalue weighted by Crippen LogP contribution is -2.77. The summed E-state index contributed by atoms with van der Waals surface area (Å²) in [4.78, 5) is 15.8. The molecule has 6 aliphatic rings. The second kappa shape index (κ2) is 9.80. The molecule has 0 aromatic heterocycles. The van der Waals surface area contributed by atoms with Crippen LogP contribution in [0.1, 0.15) is 80.5 Å². The molecule has 5 atom stereocenters. The Balaban J connectivity index is 1.11. The number of carbonyl (C=O) groups excluding carboxylic acids is 1. The first kappa shape index (κ1) is 26.7. The molecule has 5 unspecified atom stereocenters. The average Bonchev–Trinajstić information content (AvgIpc) is 3.31. The molecule has 4 aliphatic carbocycles. The van der Waals surface area contributed by atoms with Crippen LogP contribution in [0.15, 0.2) is 54.1 Å². The Morgan fingerprint density at radius 2 is 1.95 bits per heavy atom. The van der Waals surface area contributed by atoms with Crippen molar-refractivity contribution < 1.29 is 24.5 Å². The zero-order valence-corrected chi connectivity index (χ0v) is 24.5. The molecule has 2 N–H and O–H groups in total. The molecule has 2 saturated carbocycles. The van der Waals surface area contributed by atoms with Crippen LogP contribution in [0.3, 0.4) is 0 Å². The normalized spacial score (nSPS) is 34.3. The first-order valence-corrected chi connectivity index (χ1v) is 16.0. The quantitative estimate of drug-likeness (QED) is 0.291. The van der Waals surface area contributed by atoms with E-state index in [4.69, 9.17) is 9.47 Å². The predicted molar refractivity (Wildman–Crippen MR) is 160 cm³/mol. The van der Waals surface area contributed by atoms with E-state index < -0.39 is 29.2 Å². The van der Waals surface area contributed by atoms with Crippen LogP contribution in [0.4, 0.5) is 0 Å². The van der Waals surface area contributed by atoms with E-state index in [1.807, 2.05) is 13.0 Å². The van der Waals surface area contributed by atoms with Gasteiger partial charge in [-0.1, -0.05) is 42.8 Å². The molecular formula is C36H41NO5. The van der Waals surface area contributed by atoms with Crippen molar-refractivity contribution in [2.45, 2.75) is 100 Å². The maximum Gasteiger partial charge on any atom is 0.336 e. The third kappa shape index (κ3) is 3.84. The van der Waals surface area contributed by atoms with Crippen molar-refractivity contribution in [1.82, 2.24) is 4.90 Å². The lowest BCUT2D eigenvalue weighted by Gasteiger charge is -2.64. The van der Waals surface area contributed by atoms with Crippen molar-refractivity contribution in [2.75, 3.05) is 13.1 Å². The molecule has 2 aromatic rings. The summed E-state index contributed by atoms with van der Waals surface area (Å²) in [5, 5.41) is 23.8. The van der Waals surface area contributed by atoms with Gasteiger partial charge in [0.25, 0.3) is 0 Å². The second-order valence-electron chi connectivity index (χ2n) is 13.7. The maximum absolute atomic E-state index is 13.2. The highest BCUT2D eigenvalue weighted by molar-refractivity contribution is 5.87. The highest BCUT2D eigenvalue weighted by Gasteiger charge is 2.73.